The van der Waals surface area contributed by atoms with Crippen molar-refractivity contribution in [3.8, 4) is 0 Å². The van der Waals surface area contributed by atoms with Gasteiger partial charge in [0.15, 0.2) is 13.0 Å². The topological polar surface area (TPSA) is 27.7 Å². The molecule has 1 aliphatic heterocycles. The van der Waals surface area contributed by atoms with Gasteiger partial charge in [0.05, 0.1) is 44.2 Å². The molecule has 1 saturated carbocycles. The van der Waals surface area contributed by atoms with E-state index >= 15 is 0 Å². The Balaban J connectivity index is 1.75. The first-order valence-electron chi connectivity index (χ1n) is 8.59. The van der Waals surface area contributed by atoms with Crippen molar-refractivity contribution in [1.82, 2.24) is 0 Å². The Kier molecular flexibility index (Phi) is 5.74. The number of hydrogen-bond acceptors (Lipinski definition) is 3. The van der Waals surface area contributed by atoms with Gasteiger partial charge in [-0.3, -0.25) is 0 Å². The summed E-state index contributed by atoms with van der Waals surface area (Å²) in [6, 6.07) is 10.6. The van der Waals surface area contributed by atoms with Crippen LogP contribution >= 0.6 is 7.26 Å². The van der Waals surface area contributed by atoms with E-state index in [-0.39, 0.29) is 12.4 Å². The van der Waals surface area contributed by atoms with Crippen molar-refractivity contribution < 1.29 is 14.2 Å². The number of benzene rings is 1. The highest BCUT2D eigenvalue weighted by atomic mass is 31.2. The van der Waals surface area contributed by atoms with Gasteiger partial charge in [-0.1, -0.05) is 18.2 Å². The number of rotatable bonds is 5. The normalized spacial score (nSPS) is 32.1. The zero-order valence-electron chi connectivity index (χ0n) is 14.2. The highest BCUT2D eigenvalue weighted by Crippen LogP contribution is 2.64. The lowest BCUT2D eigenvalue weighted by molar-refractivity contribution is -0.241. The monoisotopic (exact) mass is 335 g/mol. The van der Waals surface area contributed by atoms with E-state index in [9.17, 15) is 0 Å². The van der Waals surface area contributed by atoms with Gasteiger partial charge in [-0.15, -0.1) is 0 Å². The van der Waals surface area contributed by atoms with E-state index in [1.165, 1.54) is 18.1 Å². The lowest BCUT2D eigenvalue weighted by Gasteiger charge is -2.37. The molecule has 23 heavy (non-hydrogen) atoms. The Labute approximate surface area is 141 Å². The van der Waals surface area contributed by atoms with Crippen molar-refractivity contribution in [1.29, 1.82) is 0 Å². The van der Waals surface area contributed by atoms with E-state index in [1.54, 1.807) is 7.11 Å². The highest BCUT2D eigenvalue weighted by molar-refractivity contribution is 7.84. The molecule has 1 saturated heterocycles. The molecule has 3 rings (SSSR count). The van der Waals surface area contributed by atoms with Crippen LogP contribution in [0.4, 0.5) is 0 Å². The summed E-state index contributed by atoms with van der Waals surface area (Å²) in [5.74, 6) is 0.401. The molecule has 1 aromatic rings. The van der Waals surface area contributed by atoms with Crippen molar-refractivity contribution in [2.24, 2.45) is 5.92 Å². The van der Waals surface area contributed by atoms with Crippen molar-refractivity contribution in [3.05, 3.63) is 37.0 Å². The molecule has 0 N–H and O–H groups in total. The molecule has 2 aliphatic rings. The van der Waals surface area contributed by atoms with Gasteiger partial charge in [-0.25, -0.2) is 0 Å². The molecule has 0 amide bonds. The van der Waals surface area contributed by atoms with E-state index in [0.29, 0.717) is 18.2 Å². The van der Waals surface area contributed by atoms with Gasteiger partial charge >= 0.3 is 0 Å². The van der Waals surface area contributed by atoms with Crippen LogP contribution in [0.1, 0.15) is 25.7 Å². The molecule has 5 atom stereocenters. The fourth-order valence-corrected chi connectivity index (χ4v) is 7.04. The quantitative estimate of drug-likeness (QED) is 0.770. The minimum atomic E-state index is -1.69. The van der Waals surface area contributed by atoms with Crippen molar-refractivity contribution >= 4 is 12.6 Å². The fraction of sp³-hybridized carbons (Fsp3) is 0.632. The number of ether oxygens (including phenoxy) is 3. The van der Waals surface area contributed by atoms with Crippen LogP contribution in [0, 0.1) is 12.6 Å². The van der Waals surface area contributed by atoms with Crippen LogP contribution in [-0.4, -0.2) is 45.0 Å². The first-order valence-corrected chi connectivity index (χ1v) is 11.0. The molecule has 2 fully saturated rings. The minimum Gasteiger partial charge on any atom is -0.382 e. The van der Waals surface area contributed by atoms with Crippen LogP contribution < -0.4 is 5.30 Å². The summed E-state index contributed by atoms with van der Waals surface area (Å²) in [5.41, 5.74) is 0.483. The standard InChI is InChI=1S/C19H28O3P/c1-20-14-15-12-13-21-19(22-15)17-10-7-11-18(17)23(2,3)16-8-5-4-6-9-16/h2,4-6,8-9,15,17-19H,7,10-14H2,1,3H3/q+1/t15-,17?,18?,19-,23?/m0/s1. The average molecular weight is 335 g/mol. The average Bonchev–Trinajstić information content (AvgIpc) is 3.07. The first kappa shape index (κ1) is 17.4. The molecule has 2 radical (unpaired) electrons. The van der Waals surface area contributed by atoms with Gasteiger partial charge < -0.3 is 14.2 Å². The maximum Gasteiger partial charge on any atom is 0.164 e. The van der Waals surface area contributed by atoms with Gasteiger partial charge in [-0.05, 0) is 37.8 Å². The summed E-state index contributed by atoms with van der Waals surface area (Å²) in [5, 5.41) is 1.31. The number of hydrogen-bond donors (Lipinski definition) is 0. The SMILES string of the molecule is [CH][P+](C)(c1ccccc1)C1CCCC1[C@H]1OCC[C@@H](COC)O1. The highest BCUT2D eigenvalue weighted by Gasteiger charge is 2.51. The molecule has 1 aliphatic carbocycles. The predicted octanol–water partition coefficient (Wildman–Crippen LogP) is 3.57. The zero-order valence-corrected chi connectivity index (χ0v) is 15.1. The lowest BCUT2D eigenvalue weighted by Crippen LogP contribution is -2.42. The summed E-state index contributed by atoms with van der Waals surface area (Å²) >= 11 is 0. The second kappa shape index (κ2) is 7.61. The molecule has 1 heterocycles. The summed E-state index contributed by atoms with van der Waals surface area (Å²) in [6.07, 6.45) is 4.48. The Hall–Kier alpha value is -0.470. The van der Waals surface area contributed by atoms with Crippen LogP contribution in [0.3, 0.4) is 0 Å². The molecule has 126 valence electrons. The predicted molar refractivity (Wildman–Crippen MR) is 95.5 cm³/mol. The number of methoxy groups -OCH3 is 1. The van der Waals surface area contributed by atoms with Gasteiger partial charge in [0.2, 0.25) is 0 Å². The van der Waals surface area contributed by atoms with Crippen molar-refractivity contribution in [2.75, 3.05) is 27.0 Å². The van der Waals surface area contributed by atoms with Crippen LogP contribution in [0.15, 0.2) is 30.3 Å². The van der Waals surface area contributed by atoms with E-state index in [2.05, 4.69) is 37.0 Å². The second-order valence-corrected chi connectivity index (χ2v) is 10.4. The van der Waals surface area contributed by atoms with Crippen LogP contribution in [-0.2, 0) is 14.2 Å². The summed E-state index contributed by atoms with van der Waals surface area (Å²) in [7, 11) is 0.0346. The Morgan fingerprint density at radius 2 is 2.00 bits per heavy atom. The Morgan fingerprint density at radius 3 is 2.74 bits per heavy atom. The van der Waals surface area contributed by atoms with Gasteiger partial charge in [0.1, 0.15) is 0 Å². The van der Waals surface area contributed by atoms with E-state index < -0.39 is 7.26 Å². The maximum absolute atomic E-state index is 6.91. The Bertz CT molecular complexity index is 489. The van der Waals surface area contributed by atoms with Gasteiger partial charge in [0, 0.05) is 13.0 Å². The first-order chi connectivity index (χ1) is 11.1. The fourth-order valence-electron chi connectivity index (χ4n) is 4.04. The lowest BCUT2D eigenvalue weighted by atomic mass is 10.1. The third-order valence-corrected chi connectivity index (χ3v) is 8.71. The molecule has 3 unspecified atom stereocenters. The van der Waals surface area contributed by atoms with E-state index in [1.807, 2.05) is 0 Å². The molecule has 4 heteroatoms. The zero-order chi connectivity index (χ0) is 16.3. The second-order valence-electron chi connectivity index (χ2n) is 6.89. The molecule has 0 aromatic heterocycles. The summed E-state index contributed by atoms with van der Waals surface area (Å²) < 4.78 is 17.4. The molecular formula is C19H28O3P+. The molecule has 3 nitrogen and oxygen atoms in total. The van der Waals surface area contributed by atoms with E-state index in [0.717, 1.165) is 19.4 Å². The summed E-state index contributed by atoms with van der Waals surface area (Å²) in [4.78, 5) is 0. The van der Waals surface area contributed by atoms with E-state index in [4.69, 9.17) is 20.9 Å². The van der Waals surface area contributed by atoms with Gasteiger partial charge in [-0.2, -0.15) is 0 Å². The smallest absolute Gasteiger partial charge is 0.164 e. The van der Waals surface area contributed by atoms with Crippen LogP contribution in [0.25, 0.3) is 0 Å². The van der Waals surface area contributed by atoms with Crippen LogP contribution in [0.2, 0.25) is 0 Å². The third-order valence-electron chi connectivity index (χ3n) is 5.28. The molecule has 0 bridgehead atoms. The summed E-state index contributed by atoms with van der Waals surface area (Å²) in [6.45, 7) is 10.6. The van der Waals surface area contributed by atoms with Crippen LogP contribution in [0.5, 0.6) is 0 Å². The van der Waals surface area contributed by atoms with Crippen molar-refractivity contribution in [2.45, 2.75) is 43.7 Å². The largest absolute Gasteiger partial charge is 0.382 e. The molecule has 0 spiro atoms. The maximum atomic E-state index is 6.91. The third kappa shape index (κ3) is 3.79. The van der Waals surface area contributed by atoms with Gasteiger partial charge in [0.25, 0.3) is 0 Å². The Morgan fingerprint density at radius 1 is 1.22 bits per heavy atom. The minimum absolute atomic E-state index is 0.122. The molecular weight excluding hydrogens is 307 g/mol. The van der Waals surface area contributed by atoms with Crippen molar-refractivity contribution in [3.63, 3.8) is 0 Å². The molecule has 1 aromatic carbocycles.